The van der Waals surface area contributed by atoms with Gasteiger partial charge in [0.15, 0.2) is 0 Å². The average Bonchev–Trinajstić information content (AvgIpc) is 2.47. The summed E-state index contributed by atoms with van der Waals surface area (Å²) in [5.74, 6) is -1.58. The molecule has 110 valence electrons. The number of carbonyl (C=O) groups excluding carboxylic acids is 1. The summed E-state index contributed by atoms with van der Waals surface area (Å²) in [5, 5.41) is 0. The fourth-order valence-corrected chi connectivity index (χ4v) is 1.97. The van der Waals surface area contributed by atoms with Crippen LogP contribution in [0.1, 0.15) is 17.3 Å². The summed E-state index contributed by atoms with van der Waals surface area (Å²) in [6, 6.07) is 7.88. The van der Waals surface area contributed by atoms with Gasteiger partial charge in [-0.3, -0.25) is 0 Å². The lowest BCUT2D eigenvalue weighted by Gasteiger charge is -2.10. The zero-order valence-electron chi connectivity index (χ0n) is 11.7. The molecule has 0 saturated carbocycles. The van der Waals surface area contributed by atoms with Gasteiger partial charge in [0.25, 0.3) is 0 Å². The van der Waals surface area contributed by atoms with Crippen molar-refractivity contribution in [1.29, 1.82) is 0 Å². The highest BCUT2D eigenvalue weighted by molar-refractivity contribution is 5.94. The third-order valence-corrected chi connectivity index (χ3v) is 2.94. The molecule has 0 unspecified atom stereocenters. The molecule has 5 heteroatoms. The summed E-state index contributed by atoms with van der Waals surface area (Å²) in [6.07, 6.45) is 0. The molecule has 0 bridgehead atoms. The molecule has 0 saturated heterocycles. The number of hydrogen-bond acceptors (Lipinski definition) is 3. The lowest BCUT2D eigenvalue weighted by atomic mass is 10.0. The van der Waals surface area contributed by atoms with Crippen molar-refractivity contribution >= 4 is 5.97 Å². The number of hydrogen-bond donors (Lipinski definition) is 0. The van der Waals surface area contributed by atoms with E-state index in [2.05, 4.69) is 0 Å². The first-order valence-electron chi connectivity index (χ1n) is 6.37. The molecule has 0 N–H and O–H groups in total. The minimum atomic E-state index is -0.699. The topological polar surface area (TPSA) is 35.5 Å². The Morgan fingerprint density at radius 1 is 1.14 bits per heavy atom. The first-order chi connectivity index (χ1) is 10.1. The van der Waals surface area contributed by atoms with Crippen molar-refractivity contribution in [2.75, 3.05) is 13.7 Å². The maximum absolute atomic E-state index is 13.8. The number of carbonyl (C=O) groups is 1. The van der Waals surface area contributed by atoms with Crippen molar-refractivity contribution < 1.29 is 23.0 Å². The predicted octanol–water partition coefficient (Wildman–Crippen LogP) is 3.82. The first-order valence-corrected chi connectivity index (χ1v) is 6.37. The van der Waals surface area contributed by atoms with Crippen LogP contribution in [0.4, 0.5) is 8.78 Å². The van der Waals surface area contributed by atoms with Gasteiger partial charge in [0.1, 0.15) is 22.9 Å². The molecule has 3 nitrogen and oxygen atoms in total. The van der Waals surface area contributed by atoms with Gasteiger partial charge >= 0.3 is 5.97 Å². The third kappa shape index (κ3) is 3.18. The second-order valence-electron chi connectivity index (χ2n) is 4.26. The molecule has 0 fully saturated rings. The molecule has 2 aromatic rings. The van der Waals surface area contributed by atoms with Crippen molar-refractivity contribution in [3.8, 4) is 16.9 Å². The van der Waals surface area contributed by atoms with Gasteiger partial charge in [0.2, 0.25) is 0 Å². The van der Waals surface area contributed by atoms with Crippen molar-refractivity contribution in [2.45, 2.75) is 6.92 Å². The van der Waals surface area contributed by atoms with Crippen molar-refractivity contribution in [3.05, 3.63) is 53.6 Å². The number of benzene rings is 2. The third-order valence-electron chi connectivity index (χ3n) is 2.94. The Morgan fingerprint density at radius 3 is 2.52 bits per heavy atom. The molecular weight excluding hydrogens is 278 g/mol. The number of esters is 1. The number of methoxy groups -OCH3 is 1. The Balaban J connectivity index is 2.51. The van der Waals surface area contributed by atoms with E-state index in [1.54, 1.807) is 19.1 Å². The Hall–Kier alpha value is -2.43. The van der Waals surface area contributed by atoms with Gasteiger partial charge < -0.3 is 9.47 Å². The fourth-order valence-electron chi connectivity index (χ4n) is 1.97. The van der Waals surface area contributed by atoms with Gasteiger partial charge in [0, 0.05) is 11.6 Å². The molecule has 2 aromatic carbocycles. The van der Waals surface area contributed by atoms with E-state index in [-0.39, 0.29) is 17.7 Å². The first kappa shape index (κ1) is 15.0. The number of halogens is 2. The molecule has 0 radical (unpaired) electrons. The van der Waals surface area contributed by atoms with Gasteiger partial charge in [-0.05, 0) is 36.8 Å². The summed E-state index contributed by atoms with van der Waals surface area (Å²) in [7, 11) is 1.43. The minimum absolute atomic E-state index is 0.195. The standard InChI is InChI=1S/C16H14F2O3/c1-3-21-16(19)13-8-10(4-7-15(13)20-2)12-6-5-11(17)9-14(12)18/h4-9H,3H2,1-2H3. The fraction of sp³-hybridized carbons (Fsp3) is 0.188. The molecule has 0 amide bonds. The minimum Gasteiger partial charge on any atom is -0.496 e. The van der Waals surface area contributed by atoms with E-state index in [0.717, 1.165) is 12.1 Å². The van der Waals surface area contributed by atoms with Gasteiger partial charge in [0.05, 0.1) is 13.7 Å². The van der Waals surface area contributed by atoms with Gasteiger partial charge in [-0.2, -0.15) is 0 Å². The van der Waals surface area contributed by atoms with Gasteiger partial charge in [-0.1, -0.05) is 6.07 Å². The summed E-state index contributed by atoms with van der Waals surface area (Å²) in [6.45, 7) is 1.91. The predicted molar refractivity (Wildman–Crippen MR) is 74.3 cm³/mol. The van der Waals surface area contributed by atoms with Crippen molar-refractivity contribution in [1.82, 2.24) is 0 Å². The molecule has 2 rings (SSSR count). The Morgan fingerprint density at radius 2 is 1.90 bits per heavy atom. The highest BCUT2D eigenvalue weighted by Crippen LogP contribution is 2.29. The van der Waals surface area contributed by atoms with Gasteiger partial charge in [-0.15, -0.1) is 0 Å². The van der Waals surface area contributed by atoms with Crippen LogP contribution in [0.5, 0.6) is 5.75 Å². The van der Waals surface area contributed by atoms with Crippen LogP contribution >= 0.6 is 0 Å². The Kier molecular flexibility index (Phi) is 4.52. The molecule has 0 aliphatic carbocycles. The van der Waals surface area contributed by atoms with E-state index in [1.165, 1.54) is 19.2 Å². The second kappa shape index (κ2) is 6.35. The summed E-state index contributed by atoms with van der Waals surface area (Å²) in [5.41, 5.74) is 0.835. The molecule has 0 atom stereocenters. The summed E-state index contributed by atoms with van der Waals surface area (Å²) < 4.78 is 36.8. The smallest absolute Gasteiger partial charge is 0.341 e. The lowest BCUT2D eigenvalue weighted by Crippen LogP contribution is -2.07. The van der Waals surface area contributed by atoms with E-state index < -0.39 is 17.6 Å². The normalized spacial score (nSPS) is 10.3. The van der Waals surface area contributed by atoms with Crippen LogP contribution in [0.25, 0.3) is 11.1 Å². The molecule has 21 heavy (non-hydrogen) atoms. The molecule has 0 aromatic heterocycles. The molecule has 0 spiro atoms. The molecule has 0 heterocycles. The van der Waals surface area contributed by atoms with E-state index >= 15 is 0 Å². The summed E-state index contributed by atoms with van der Waals surface area (Å²) in [4.78, 5) is 11.9. The monoisotopic (exact) mass is 292 g/mol. The van der Waals surface area contributed by atoms with Crippen LogP contribution in [0.2, 0.25) is 0 Å². The molecule has 0 aliphatic heterocycles. The van der Waals surface area contributed by atoms with Crippen LogP contribution in [-0.2, 0) is 4.74 Å². The zero-order chi connectivity index (χ0) is 15.4. The quantitative estimate of drug-likeness (QED) is 0.804. The lowest BCUT2D eigenvalue weighted by molar-refractivity contribution is 0.0523. The van der Waals surface area contributed by atoms with Crippen LogP contribution < -0.4 is 4.74 Å². The van der Waals surface area contributed by atoms with E-state index in [9.17, 15) is 13.6 Å². The summed E-state index contributed by atoms with van der Waals surface area (Å²) >= 11 is 0. The number of rotatable bonds is 4. The zero-order valence-corrected chi connectivity index (χ0v) is 11.7. The molecular formula is C16H14F2O3. The van der Waals surface area contributed by atoms with Crippen molar-refractivity contribution in [3.63, 3.8) is 0 Å². The van der Waals surface area contributed by atoms with Gasteiger partial charge in [-0.25, -0.2) is 13.6 Å². The van der Waals surface area contributed by atoms with Crippen LogP contribution in [0.15, 0.2) is 36.4 Å². The van der Waals surface area contributed by atoms with E-state index in [4.69, 9.17) is 9.47 Å². The van der Waals surface area contributed by atoms with Crippen LogP contribution in [0, 0.1) is 11.6 Å². The highest BCUT2D eigenvalue weighted by Gasteiger charge is 2.16. The maximum atomic E-state index is 13.8. The average molecular weight is 292 g/mol. The second-order valence-corrected chi connectivity index (χ2v) is 4.26. The molecule has 0 aliphatic rings. The highest BCUT2D eigenvalue weighted by atomic mass is 19.1. The maximum Gasteiger partial charge on any atom is 0.341 e. The van der Waals surface area contributed by atoms with Crippen molar-refractivity contribution in [2.24, 2.45) is 0 Å². The Labute approximate surface area is 121 Å². The largest absolute Gasteiger partial charge is 0.496 e. The Bertz CT molecular complexity index is 669. The SMILES string of the molecule is CCOC(=O)c1cc(-c2ccc(F)cc2F)ccc1OC. The number of ether oxygens (including phenoxy) is 2. The van der Waals surface area contributed by atoms with E-state index in [0.29, 0.717) is 11.3 Å². The van der Waals surface area contributed by atoms with Crippen LogP contribution in [-0.4, -0.2) is 19.7 Å². The van der Waals surface area contributed by atoms with Crippen LogP contribution in [0.3, 0.4) is 0 Å². The van der Waals surface area contributed by atoms with E-state index in [1.807, 2.05) is 0 Å².